The number of amides is 1. The first-order valence-corrected chi connectivity index (χ1v) is 12.1. The number of hydrogen-bond acceptors (Lipinski definition) is 7. The number of thioether (sulfide) groups is 1. The number of ether oxygens (including phenoxy) is 2. The van der Waals surface area contributed by atoms with E-state index in [-0.39, 0.29) is 5.41 Å². The Morgan fingerprint density at radius 2 is 2.06 bits per heavy atom. The number of aromatic nitrogens is 3. The predicted molar refractivity (Wildman–Crippen MR) is 123 cm³/mol. The van der Waals surface area contributed by atoms with Crippen molar-refractivity contribution in [3.05, 3.63) is 29.6 Å². The molecule has 0 saturated heterocycles. The molecule has 1 amide bonds. The molecular weight excluding hydrogens is 414 g/mol. The van der Waals surface area contributed by atoms with Crippen molar-refractivity contribution in [3.8, 4) is 0 Å². The van der Waals surface area contributed by atoms with Crippen molar-refractivity contribution < 1.29 is 14.3 Å². The van der Waals surface area contributed by atoms with Crippen LogP contribution in [0.5, 0.6) is 0 Å². The molecule has 0 bridgehead atoms. The van der Waals surface area contributed by atoms with Crippen LogP contribution in [0.3, 0.4) is 0 Å². The molecule has 0 atom stereocenters. The molecule has 1 fully saturated rings. The lowest BCUT2D eigenvalue weighted by atomic mass is 9.85. The number of nitrogens with one attached hydrogen (secondary N) is 3. The number of alkyl carbamates (subject to hydrolysis) is 1. The molecule has 1 aliphatic carbocycles. The first-order valence-electron chi connectivity index (χ1n) is 10.9. The largest absolute Gasteiger partial charge is 0.450 e. The Morgan fingerprint density at radius 1 is 1.26 bits per heavy atom. The van der Waals surface area contributed by atoms with Crippen LogP contribution in [0.2, 0.25) is 0 Å². The topological polar surface area (TPSA) is 101 Å². The van der Waals surface area contributed by atoms with Gasteiger partial charge in [0.05, 0.1) is 18.9 Å². The SMILES string of the molecule is CCOC(=O)NCCCOCc1cc(SC)cc(Nc2cc(C3(C)CCCC3)[nH]n2)n1. The summed E-state index contributed by atoms with van der Waals surface area (Å²) in [5.74, 6) is 1.54. The molecule has 2 heterocycles. The lowest BCUT2D eigenvalue weighted by Crippen LogP contribution is -2.25. The van der Waals surface area contributed by atoms with E-state index in [1.54, 1.807) is 18.7 Å². The second kappa shape index (κ2) is 11.4. The number of aromatic amines is 1. The molecule has 0 aliphatic heterocycles. The van der Waals surface area contributed by atoms with Gasteiger partial charge in [0.1, 0.15) is 5.82 Å². The third-order valence-electron chi connectivity index (χ3n) is 5.54. The third kappa shape index (κ3) is 6.87. The van der Waals surface area contributed by atoms with E-state index in [0.717, 1.165) is 22.2 Å². The van der Waals surface area contributed by atoms with Crippen molar-refractivity contribution in [2.75, 3.05) is 31.3 Å². The van der Waals surface area contributed by atoms with Crippen molar-refractivity contribution in [3.63, 3.8) is 0 Å². The summed E-state index contributed by atoms with van der Waals surface area (Å²) in [7, 11) is 0. The van der Waals surface area contributed by atoms with Gasteiger partial charge < -0.3 is 20.1 Å². The van der Waals surface area contributed by atoms with E-state index < -0.39 is 6.09 Å². The molecule has 1 saturated carbocycles. The van der Waals surface area contributed by atoms with Crippen molar-refractivity contribution in [2.45, 2.75) is 62.9 Å². The molecule has 31 heavy (non-hydrogen) atoms. The molecule has 8 nitrogen and oxygen atoms in total. The monoisotopic (exact) mass is 447 g/mol. The van der Waals surface area contributed by atoms with Gasteiger partial charge in [0, 0.05) is 35.2 Å². The zero-order chi connectivity index (χ0) is 22.1. The van der Waals surface area contributed by atoms with Crippen molar-refractivity contribution >= 4 is 29.5 Å². The molecule has 9 heteroatoms. The smallest absolute Gasteiger partial charge is 0.407 e. The Labute approximate surface area is 188 Å². The van der Waals surface area contributed by atoms with Gasteiger partial charge in [-0.1, -0.05) is 19.8 Å². The maximum Gasteiger partial charge on any atom is 0.407 e. The van der Waals surface area contributed by atoms with E-state index in [1.807, 2.05) is 18.4 Å². The molecule has 0 aromatic carbocycles. The van der Waals surface area contributed by atoms with Crippen LogP contribution in [-0.4, -0.2) is 47.3 Å². The van der Waals surface area contributed by atoms with E-state index in [0.29, 0.717) is 32.8 Å². The lowest BCUT2D eigenvalue weighted by Gasteiger charge is -2.20. The summed E-state index contributed by atoms with van der Waals surface area (Å²) >= 11 is 1.66. The van der Waals surface area contributed by atoms with Crippen molar-refractivity contribution in [1.82, 2.24) is 20.5 Å². The van der Waals surface area contributed by atoms with Gasteiger partial charge in [0.25, 0.3) is 0 Å². The Kier molecular flexibility index (Phi) is 8.60. The van der Waals surface area contributed by atoms with Crippen LogP contribution >= 0.6 is 11.8 Å². The van der Waals surface area contributed by atoms with Gasteiger partial charge in [-0.05, 0) is 44.6 Å². The predicted octanol–water partition coefficient (Wildman–Crippen LogP) is 4.75. The molecule has 2 aromatic heterocycles. The zero-order valence-corrected chi connectivity index (χ0v) is 19.4. The minimum atomic E-state index is -0.393. The van der Waals surface area contributed by atoms with Gasteiger partial charge in [-0.25, -0.2) is 9.78 Å². The fourth-order valence-electron chi connectivity index (χ4n) is 3.79. The molecular formula is C22H33N5O3S. The highest BCUT2D eigenvalue weighted by Gasteiger charge is 2.32. The number of carbonyl (C=O) groups excluding carboxylic acids is 1. The minimum absolute atomic E-state index is 0.197. The van der Waals surface area contributed by atoms with Crippen LogP contribution in [-0.2, 0) is 21.5 Å². The number of nitrogens with zero attached hydrogens (tertiary/aromatic N) is 2. The van der Waals surface area contributed by atoms with Gasteiger partial charge in [-0.15, -0.1) is 11.8 Å². The van der Waals surface area contributed by atoms with Gasteiger partial charge >= 0.3 is 6.09 Å². The Morgan fingerprint density at radius 3 is 2.81 bits per heavy atom. The minimum Gasteiger partial charge on any atom is -0.450 e. The van der Waals surface area contributed by atoms with Crippen molar-refractivity contribution in [1.29, 1.82) is 0 Å². The first-order chi connectivity index (χ1) is 15.0. The highest BCUT2D eigenvalue weighted by Crippen LogP contribution is 2.40. The van der Waals surface area contributed by atoms with Crippen LogP contribution in [0.15, 0.2) is 23.1 Å². The van der Waals surface area contributed by atoms with E-state index in [1.165, 1.54) is 31.4 Å². The molecule has 2 aromatic rings. The maximum absolute atomic E-state index is 11.2. The second-order valence-corrected chi connectivity index (χ2v) is 8.88. The number of pyridine rings is 1. The van der Waals surface area contributed by atoms with E-state index in [9.17, 15) is 4.79 Å². The molecule has 0 spiro atoms. The van der Waals surface area contributed by atoms with Gasteiger partial charge in [0.2, 0.25) is 0 Å². The average Bonchev–Trinajstić information content (AvgIpc) is 3.41. The highest BCUT2D eigenvalue weighted by molar-refractivity contribution is 7.98. The number of anilines is 2. The molecule has 170 valence electrons. The Balaban J connectivity index is 1.52. The Hall–Kier alpha value is -2.26. The molecule has 0 radical (unpaired) electrons. The Bertz CT molecular complexity index is 851. The van der Waals surface area contributed by atoms with E-state index in [2.05, 4.69) is 38.8 Å². The fourth-order valence-corrected chi connectivity index (χ4v) is 4.27. The number of H-pyrrole nitrogens is 1. The summed E-state index contributed by atoms with van der Waals surface area (Å²) in [6.45, 7) is 5.91. The summed E-state index contributed by atoms with van der Waals surface area (Å²) in [4.78, 5) is 17.0. The lowest BCUT2D eigenvalue weighted by molar-refractivity contribution is 0.114. The quantitative estimate of drug-likeness (QED) is 0.337. The first kappa shape index (κ1) is 23.4. The molecule has 1 aliphatic rings. The van der Waals surface area contributed by atoms with Crippen LogP contribution < -0.4 is 10.6 Å². The normalized spacial score (nSPS) is 15.1. The maximum atomic E-state index is 11.2. The summed E-state index contributed by atoms with van der Waals surface area (Å²) in [6, 6.07) is 6.15. The van der Waals surface area contributed by atoms with Gasteiger partial charge in [-0.2, -0.15) is 5.10 Å². The average molecular weight is 448 g/mol. The summed E-state index contributed by atoms with van der Waals surface area (Å²) in [6.07, 6.45) is 7.31. The molecule has 3 rings (SSSR count). The summed E-state index contributed by atoms with van der Waals surface area (Å²) in [5, 5.41) is 13.7. The number of carbonyl (C=O) groups is 1. The standard InChI is InChI=1S/C22H33N5O3S/c1-4-30-21(28)23-10-7-11-29-15-16-12-17(31-3)13-19(24-16)25-20-14-18(26-27-20)22(2)8-5-6-9-22/h12-14H,4-11,15H2,1-3H3,(H,23,28)(H2,24,25,26,27). The van der Waals surface area contributed by atoms with Crippen LogP contribution in [0.1, 0.15) is 57.3 Å². The molecule has 3 N–H and O–H groups in total. The number of hydrogen-bond donors (Lipinski definition) is 3. The van der Waals surface area contributed by atoms with E-state index >= 15 is 0 Å². The fraction of sp³-hybridized carbons (Fsp3) is 0.591. The van der Waals surface area contributed by atoms with Gasteiger partial charge in [0.15, 0.2) is 5.82 Å². The van der Waals surface area contributed by atoms with Crippen LogP contribution in [0.4, 0.5) is 16.4 Å². The highest BCUT2D eigenvalue weighted by atomic mass is 32.2. The summed E-state index contributed by atoms with van der Waals surface area (Å²) in [5.41, 5.74) is 2.24. The van der Waals surface area contributed by atoms with Crippen LogP contribution in [0, 0.1) is 0 Å². The second-order valence-electron chi connectivity index (χ2n) is 8.00. The van der Waals surface area contributed by atoms with Crippen molar-refractivity contribution in [2.24, 2.45) is 0 Å². The number of rotatable bonds is 11. The third-order valence-corrected chi connectivity index (χ3v) is 6.25. The van der Waals surface area contributed by atoms with Crippen LogP contribution in [0.25, 0.3) is 0 Å². The molecule has 0 unspecified atom stereocenters. The summed E-state index contributed by atoms with van der Waals surface area (Å²) < 4.78 is 10.6. The van der Waals surface area contributed by atoms with Gasteiger partial charge in [-0.3, -0.25) is 5.10 Å². The van der Waals surface area contributed by atoms with E-state index in [4.69, 9.17) is 9.47 Å². The zero-order valence-electron chi connectivity index (χ0n) is 18.6.